The first kappa shape index (κ1) is 24.2. The highest BCUT2D eigenvalue weighted by molar-refractivity contribution is 6.06. The molecule has 8 nitrogen and oxygen atoms in total. The molecule has 2 N–H and O–H groups in total. The number of carbonyl (C=O) groups excluding carboxylic acids is 3. The van der Waals surface area contributed by atoms with Crippen molar-refractivity contribution < 1.29 is 18.8 Å². The van der Waals surface area contributed by atoms with Crippen LogP contribution in [-0.2, 0) is 16.1 Å². The Balaban J connectivity index is 1.43. The first-order chi connectivity index (χ1) is 16.8. The van der Waals surface area contributed by atoms with Crippen LogP contribution in [-0.4, -0.2) is 40.7 Å². The van der Waals surface area contributed by atoms with E-state index in [1.807, 2.05) is 36.4 Å². The largest absolute Gasteiger partial charge is 0.441 e. The van der Waals surface area contributed by atoms with Gasteiger partial charge in [0.15, 0.2) is 0 Å². The summed E-state index contributed by atoms with van der Waals surface area (Å²) < 4.78 is 5.89. The van der Waals surface area contributed by atoms with E-state index < -0.39 is 0 Å². The highest BCUT2D eigenvalue weighted by atomic mass is 16.4. The summed E-state index contributed by atoms with van der Waals surface area (Å²) in [4.78, 5) is 43.9. The number of benzene rings is 2. The number of oxazole rings is 1. The summed E-state index contributed by atoms with van der Waals surface area (Å²) >= 11 is 0. The molecule has 1 aromatic heterocycles. The highest BCUT2D eigenvalue weighted by Gasteiger charge is 2.34. The van der Waals surface area contributed by atoms with Crippen LogP contribution >= 0.6 is 0 Å². The molecule has 3 amide bonds. The highest BCUT2D eigenvalue weighted by Crippen LogP contribution is 2.29. The summed E-state index contributed by atoms with van der Waals surface area (Å²) in [6, 6.07) is 16.2. The third-order valence-corrected chi connectivity index (χ3v) is 5.94. The minimum Gasteiger partial charge on any atom is -0.441 e. The Morgan fingerprint density at radius 1 is 1.11 bits per heavy atom. The van der Waals surface area contributed by atoms with E-state index in [0.29, 0.717) is 53.2 Å². The number of anilines is 1. The Morgan fingerprint density at radius 3 is 2.57 bits per heavy atom. The van der Waals surface area contributed by atoms with Gasteiger partial charge in [-0.15, -0.1) is 0 Å². The summed E-state index contributed by atoms with van der Waals surface area (Å²) in [5, 5.41) is 5.82. The molecule has 4 rings (SSSR count). The third-order valence-electron chi connectivity index (χ3n) is 5.94. The lowest BCUT2D eigenvalue weighted by molar-refractivity contribution is -0.129. The molecule has 2 aromatic carbocycles. The molecule has 0 aliphatic carbocycles. The van der Waals surface area contributed by atoms with Gasteiger partial charge in [0, 0.05) is 25.1 Å². The van der Waals surface area contributed by atoms with Crippen LogP contribution in [0.15, 0.2) is 59.0 Å². The Kier molecular flexibility index (Phi) is 7.29. The maximum Gasteiger partial charge on any atom is 0.255 e. The molecular formula is C27H30N4O4. The van der Waals surface area contributed by atoms with E-state index in [1.54, 1.807) is 30.0 Å². The second kappa shape index (κ2) is 10.5. The molecule has 1 fully saturated rings. The number of likely N-dealkylation sites (tertiary alicyclic amines) is 1. The van der Waals surface area contributed by atoms with Gasteiger partial charge in [0.2, 0.25) is 17.7 Å². The number of aromatic nitrogens is 1. The number of amides is 3. The molecule has 0 unspecified atom stereocenters. The number of hydrogen-bond donors (Lipinski definition) is 2. The molecule has 0 radical (unpaired) electrons. The molecule has 1 atom stereocenters. The van der Waals surface area contributed by atoms with Gasteiger partial charge in [-0.2, -0.15) is 0 Å². The van der Waals surface area contributed by atoms with Crippen LogP contribution in [0.25, 0.3) is 11.5 Å². The van der Waals surface area contributed by atoms with Gasteiger partial charge in [-0.3, -0.25) is 14.4 Å². The van der Waals surface area contributed by atoms with Crippen LogP contribution in [0, 0.1) is 18.8 Å². The van der Waals surface area contributed by atoms with Crippen LogP contribution in [0.5, 0.6) is 0 Å². The monoisotopic (exact) mass is 474 g/mol. The van der Waals surface area contributed by atoms with Crippen LogP contribution in [0.2, 0.25) is 0 Å². The first-order valence-corrected chi connectivity index (χ1v) is 11.8. The molecule has 2 heterocycles. The molecule has 1 aliphatic rings. The Morgan fingerprint density at radius 2 is 1.83 bits per heavy atom. The maximum atomic E-state index is 12.7. The molecule has 1 saturated heterocycles. The Hall–Kier alpha value is -3.94. The first-order valence-electron chi connectivity index (χ1n) is 11.8. The topological polar surface area (TPSA) is 105 Å². The summed E-state index contributed by atoms with van der Waals surface area (Å²) in [6.45, 7) is 7.19. The number of hydrogen-bond acceptors (Lipinski definition) is 5. The maximum absolute atomic E-state index is 12.7. The molecule has 8 heteroatoms. The molecule has 35 heavy (non-hydrogen) atoms. The molecule has 0 spiro atoms. The summed E-state index contributed by atoms with van der Waals surface area (Å²) in [7, 11) is 0. The Bertz CT molecular complexity index is 1220. The lowest BCUT2D eigenvalue weighted by Gasteiger charge is -2.18. The van der Waals surface area contributed by atoms with Crippen molar-refractivity contribution in [3.05, 3.63) is 71.6 Å². The van der Waals surface area contributed by atoms with E-state index in [9.17, 15) is 14.4 Å². The van der Waals surface area contributed by atoms with Crippen molar-refractivity contribution >= 4 is 23.4 Å². The number of nitrogens with zero attached hydrogens (tertiary/aromatic N) is 2. The number of carbonyl (C=O) groups is 3. The van der Waals surface area contributed by atoms with Crippen molar-refractivity contribution in [2.45, 2.75) is 33.7 Å². The van der Waals surface area contributed by atoms with Crippen molar-refractivity contribution in [1.82, 2.24) is 15.2 Å². The van der Waals surface area contributed by atoms with Crippen LogP contribution in [0.3, 0.4) is 0 Å². The molecule has 0 saturated carbocycles. The number of rotatable bonds is 8. The molecule has 182 valence electrons. The average Bonchev–Trinajstić information content (AvgIpc) is 3.40. The predicted molar refractivity (Wildman–Crippen MR) is 132 cm³/mol. The van der Waals surface area contributed by atoms with Gasteiger partial charge in [-0.1, -0.05) is 44.2 Å². The quantitative estimate of drug-likeness (QED) is 0.513. The van der Waals surface area contributed by atoms with Gasteiger partial charge in [-0.05, 0) is 37.1 Å². The zero-order chi connectivity index (χ0) is 24.9. The Labute approximate surface area is 204 Å². The zero-order valence-corrected chi connectivity index (χ0v) is 20.2. The second-order valence-corrected chi connectivity index (χ2v) is 9.20. The SMILES string of the molecule is Cc1oc(-c2ccccc2NC(=O)c2ccccc2)nc1CNC(=O)[C@H]1CC(=O)N(CC(C)C)C1. The molecule has 0 bridgehead atoms. The number of para-hydroxylation sites is 1. The average molecular weight is 475 g/mol. The molecule has 3 aromatic rings. The third kappa shape index (κ3) is 5.77. The van der Waals surface area contributed by atoms with Crippen molar-refractivity contribution in [2.24, 2.45) is 11.8 Å². The normalized spacial score (nSPS) is 15.5. The van der Waals surface area contributed by atoms with E-state index in [4.69, 9.17) is 4.42 Å². The summed E-state index contributed by atoms with van der Waals surface area (Å²) in [5.41, 5.74) is 2.36. The van der Waals surface area contributed by atoms with Gasteiger partial charge in [0.05, 0.1) is 23.7 Å². The van der Waals surface area contributed by atoms with Crippen molar-refractivity contribution in [3.8, 4) is 11.5 Å². The van der Waals surface area contributed by atoms with Gasteiger partial charge < -0.3 is 20.0 Å². The smallest absolute Gasteiger partial charge is 0.255 e. The van der Waals surface area contributed by atoms with Gasteiger partial charge in [-0.25, -0.2) is 4.98 Å². The van der Waals surface area contributed by atoms with E-state index in [2.05, 4.69) is 29.5 Å². The van der Waals surface area contributed by atoms with Gasteiger partial charge in [0.1, 0.15) is 11.5 Å². The summed E-state index contributed by atoms with van der Waals surface area (Å²) in [6.07, 6.45) is 0.232. The van der Waals surface area contributed by atoms with E-state index in [1.165, 1.54) is 0 Å². The number of nitrogens with one attached hydrogen (secondary N) is 2. The minimum absolute atomic E-state index is 0.0212. The molecule has 1 aliphatic heterocycles. The van der Waals surface area contributed by atoms with Crippen LogP contribution in [0.4, 0.5) is 5.69 Å². The number of aryl methyl sites for hydroxylation is 1. The van der Waals surface area contributed by atoms with Crippen molar-refractivity contribution in [3.63, 3.8) is 0 Å². The molecular weight excluding hydrogens is 444 g/mol. The zero-order valence-electron chi connectivity index (χ0n) is 20.2. The van der Waals surface area contributed by atoms with E-state index in [0.717, 1.165) is 0 Å². The standard InChI is InChI=1S/C27H30N4O4/c1-17(2)15-31-16-20(13-24(31)32)25(33)28-14-23-18(3)35-27(30-23)21-11-7-8-12-22(21)29-26(34)19-9-5-4-6-10-19/h4-12,17,20H,13-16H2,1-3H3,(H,28,33)(H,29,34)/t20-/m0/s1. The lowest BCUT2D eigenvalue weighted by atomic mass is 10.1. The minimum atomic E-state index is -0.359. The van der Waals surface area contributed by atoms with E-state index >= 15 is 0 Å². The second-order valence-electron chi connectivity index (χ2n) is 9.20. The fraction of sp³-hybridized carbons (Fsp3) is 0.333. The predicted octanol–water partition coefficient (Wildman–Crippen LogP) is 4.02. The van der Waals surface area contributed by atoms with E-state index in [-0.39, 0.29) is 36.6 Å². The summed E-state index contributed by atoms with van der Waals surface area (Å²) in [5.74, 6) is 0.561. The fourth-order valence-electron chi connectivity index (χ4n) is 4.15. The van der Waals surface area contributed by atoms with Gasteiger partial charge in [0.25, 0.3) is 5.91 Å². The van der Waals surface area contributed by atoms with Gasteiger partial charge >= 0.3 is 0 Å². The van der Waals surface area contributed by atoms with Crippen LogP contribution < -0.4 is 10.6 Å². The fourth-order valence-corrected chi connectivity index (χ4v) is 4.15. The van der Waals surface area contributed by atoms with Crippen LogP contribution in [0.1, 0.15) is 42.1 Å². The van der Waals surface area contributed by atoms with Crippen molar-refractivity contribution in [2.75, 3.05) is 18.4 Å². The van der Waals surface area contributed by atoms with Crippen molar-refractivity contribution in [1.29, 1.82) is 0 Å². The lowest BCUT2D eigenvalue weighted by Crippen LogP contribution is -2.34.